The van der Waals surface area contributed by atoms with E-state index >= 15 is 0 Å². The fraction of sp³-hybridized carbons (Fsp3) is 0.364. The molecule has 0 aliphatic rings. The molecule has 0 aromatic heterocycles. The Morgan fingerprint density at radius 1 is 1.22 bits per heavy atom. The number of aryl methyl sites for hydroxylation is 1. The van der Waals surface area contributed by atoms with E-state index in [2.05, 4.69) is 0 Å². The van der Waals surface area contributed by atoms with E-state index < -0.39 is 9.85 Å². The molecule has 0 saturated heterocycles. The minimum absolute atomic E-state index is 0.228. The maximum absolute atomic E-state index is 10.4. The van der Waals surface area contributed by atoms with Crippen molar-refractivity contribution in [3.05, 3.63) is 44.0 Å². The number of nitro groups is 2. The Labute approximate surface area is 104 Å². The van der Waals surface area contributed by atoms with E-state index in [1.165, 1.54) is 19.1 Å². The highest BCUT2D eigenvalue weighted by Crippen LogP contribution is 2.23. The van der Waals surface area contributed by atoms with E-state index in [0.29, 0.717) is 12.0 Å². The highest BCUT2D eigenvalue weighted by molar-refractivity contribution is 5.74. The maximum atomic E-state index is 10.4. The summed E-state index contributed by atoms with van der Waals surface area (Å²) in [5.41, 5.74) is -0.0814. The van der Waals surface area contributed by atoms with Gasteiger partial charge >= 0.3 is 0 Å². The second kappa shape index (κ2) is 7.10. The molecule has 0 spiro atoms. The van der Waals surface area contributed by atoms with Crippen molar-refractivity contribution in [1.82, 2.24) is 0 Å². The molecule has 7 heteroatoms. The third kappa shape index (κ3) is 5.15. The van der Waals surface area contributed by atoms with Gasteiger partial charge in [-0.1, -0.05) is 6.92 Å². The molecule has 0 N–H and O–H groups in total. The van der Waals surface area contributed by atoms with Crippen molar-refractivity contribution in [2.45, 2.75) is 27.2 Å². The van der Waals surface area contributed by atoms with E-state index in [1.54, 1.807) is 6.92 Å². The van der Waals surface area contributed by atoms with Crippen LogP contribution in [0.2, 0.25) is 0 Å². The van der Waals surface area contributed by atoms with Crippen molar-refractivity contribution in [2.75, 3.05) is 0 Å². The molecule has 0 unspecified atom stereocenters. The van der Waals surface area contributed by atoms with E-state index in [0.717, 1.165) is 6.07 Å². The normalized spacial score (nSPS) is 9.06. The SMILES string of the molecule is CCC(C)=O.Cc1ccc([N+](=O)[O-])cc1[N+](=O)[O-]. The molecule has 7 nitrogen and oxygen atoms in total. The summed E-state index contributed by atoms with van der Waals surface area (Å²) in [4.78, 5) is 29.2. The lowest BCUT2D eigenvalue weighted by Gasteiger charge is -1.95. The summed E-state index contributed by atoms with van der Waals surface area (Å²) >= 11 is 0. The zero-order valence-corrected chi connectivity index (χ0v) is 10.4. The Bertz CT molecular complexity index is 471. The first-order valence-electron chi connectivity index (χ1n) is 5.18. The summed E-state index contributed by atoms with van der Waals surface area (Å²) in [5, 5.41) is 20.6. The smallest absolute Gasteiger partial charge is 0.279 e. The van der Waals surface area contributed by atoms with Crippen molar-refractivity contribution in [3.8, 4) is 0 Å². The number of nitrogens with zero attached hydrogens (tertiary/aromatic N) is 2. The Morgan fingerprint density at radius 2 is 1.72 bits per heavy atom. The number of nitro benzene ring substituents is 2. The lowest BCUT2D eigenvalue weighted by atomic mass is 10.2. The van der Waals surface area contributed by atoms with E-state index in [4.69, 9.17) is 0 Å². The lowest BCUT2D eigenvalue weighted by Crippen LogP contribution is -1.94. The Balaban J connectivity index is 0.000000494. The molecule has 98 valence electrons. The number of carbonyl (C=O) groups excluding carboxylic acids is 1. The molecule has 1 aromatic rings. The molecule has 0 amide bonds. The first-order chi connectivity index (χ1) is 8.29. The van der Waals surface area contributed by atoms with Crippen LogP contribution in [0.15, 0.2) is 18.2 Å². The molecular formula is C11H14N2O5. The molecule has 18 heavy (non-hydrogen) atoms. The molecule has 0 radical (unpaired) electrons. The number of carbonyl (C=O) groups is 1. The van der Waals surface area contributed by atoms with Crippen LogP contribution in [0.4, 0.5) is 11.4 Å². The standard InChI is InChI=1S/C7H6N2O4.C4H8O/c1-5-2-3-6(8(10)11)4-7(5)9(12)13;1-3-4(2)5/h2-4H,1H3;3H2,1-2H3. The summed E-state index contributed by atoms with van der Waals surface area (Å²) < 4.78 is 0. The number of non-ortho nitro benzene ring substituents is 1. The number of hydrogen-bond donors (Lipinski definition) is 0. The molecule has 0 aliphatic carbocycles. The fourth-order valence-corrected chi connectivity index (χ4v) is 0.908. The fourth-order valence-electron chi connectivity index (χ4n) is 0.908. The summed E-state index contributed by atoms with van der Waals surface area (Å²) in [5.74, 6) is 0.255. The Hall–Kier alpha value is -2.31. The number of ketones is 1. The summed E-state index contributed by atoms with van der Waals surface area (Å²) in [6, 6.07) is 3.55. The van der Waals surface area contributed by atoms with Gasteiger partial charge in [-0.15, -0.1) is 0 Å². The van der Waals surface area contributed by atoms with Crippen molar-refractivity contribution in [2.24, 2.45) is 0 Å². The van der Waals surface area contributed by atoms with Crippen LogP contribution >= 0.6 is 0 Å². The van der Waals surface area contributed by atoms with Gasteiger partial charge in [0, 0.05) is 18.1 Å². The number of hydrogen-bond acceptors (Lipinski definition) is 5. The molecule has 1 rings (SSSR count). The van der Waals surface area contributed by atoms with Gasteiger partial charge in [-0.3, -0.25) is 20.2 Å². The second-order valence-electron chi connectivity index (χ2n) is 3.54. The van der Waals surface area contributed by atoms with Crippen molar-refractivity contribution in [1.29, 1.82) is 0 Å². The largest absolute Gasteiger partial charge is 0.300 e. The topological polar surface area (TPSA) is 103 Å². The first-order valence-corrected chi connectivity index (χ1v) is 5.18. The third-order valence-electron chi connectivity index (χ3n) is 2.10. The van der Waals surface area contributed by atoms with Crippen LogP contribution in [0.25, 0.3) is 0 Å². The zero-order chi connectivity index (χ0) is 14.3. The molecule has 0 fully saturated rings. The van der Waals surface area contributed by atoms with Crippen LogP contribution in [0, 0.1) is 27.2 Å². The average Bonchev–Trinajstić information content (AvgIpc) is 2.29. The van der Waals surface area contributed by atoms with E-state index in [-0.39, 0.29) is 17.2 Å². The highest BCUT2D eigenvalue weighted by atomic mass is 16.6. The van der Waals surface area contributed by atoms with Gasteiger partial charge in [0.2, 0.25) is 0 Å². The summed E-state index contributed by atoms with van der Waals surface area (Å²) in [6.45, 7) is 4.96. The van der Waals surface area contributed by atoms with Gasteiger partial charge in [0.25, 0.3) is 11.4 Å². The highest BCUT2D eigenvalue weighted by Gasteiger charge is 2.15. The van der Waals surface area contributed by atoms with Gasteiger partial charge in [-0.05, 0) is 19.9 Å². The predicted molar refractivity (Wildman–Crippen MR) is 65.5 cm³/mol. The predicted octanol–water partition coefficient (Wildman–Crippen LogP) is 2.80. The van der Waals surface area contributed by atoms with Crippen molar-refractivity contribution in [3.63, 3.8) is 0 Å². The van der Waals surface area contributed by atoms with Crippen molar-refractivity contribution < 1.29 is 14.6 Å². The minimum Gasteiger partial charge on any atom is -0.300 e. The van der Waals surface area contributed by atoms with Crippen LogP contribution < -0.4 is 0 Å². The van der Waals surface area contributed by atoms with Gasteiger partial charge in [0.15, 0.2) is 0 Å². The van der Waals surface area contributed by atoms with E-state index in [1.807, 2.05) is 6.92 Å². The number of benzene rings is 1. The molecule has 0 aliphatic heterocycles. The third-order valence-corrected chi connectivity index (χ3v) is 2.10. The summed E-state index contributed by atoms with van der Waals surface area (Å²) in [7, 11) is 0. The van der Waals surface area contributed by atoms with Crippen LogP contribution in [0.1, 0.15) is 25.8 Å². The maximum Gasteiger partial charge on any atom is 0.279 e. The first kappa shape index (κ1) is 15.7. The van der Waals surface area contributed by atoms with Crippen LogP contribution in [0.5, 0.6) is 0 Å². The molecule has 0 heterocycles. The molecule has 0 saturated carbocycles. The van der Waals surface area contributed by atoms with E-state index in [9.17, 15) is 25.0 Å². The number of rotatable bonds is 3. The average molecular weight is 254 g/mol. The Kier molecular flexibility index (Phi) is 6.19. The monoisotopic (exact) mass is 254 g/mol. The molecular weight excluding hydrogens is 240 g/mol. The zero-order valence-electron chi connectivity index (χ0n) is 10.4. The van der Waals surface area contributed by atoms with Gasteiger partial charge in [0.1, 0.15) is 5.78 Å². The lowest BCUT2D eigenvalue weighted by molar-refractivity contribution is -0.394. The van der Waals surface area contributed by atoms with Crippen LogP contribution in [0.3, 0.4) is 0 Å². The molecule has 0 atom stereocenters. The van der Waals surface area contributed by atoms with Gasteiger partial charge in [0.05, 0.1) is 15.9 Å². The van der Waals surface area contributed by atoms with Gasteiger partial charge in [-0.25, -0.2) is 0 Å². The van der Waals surface area contributed by atoms with Crippen molar-refractivity contribution >= 4 is 17.2 Å². The number of Topliss-reactive ketones (excluding diaryl/α,β-unsaturated/α-hetero) is 1. The van der Waals surface area contributed by atoms with Gasteiger partial charge < -0.3 is 4.79 Å². The minimum atomic E-state index is -0.660. The molecule has 0 bridgehead atoms. The van der Waals surface area contributed by atoms with Gasteiger partial charge in [-0.2, -0.15) is 0 Å². The Morgan fingerprint density at radius 3 is 2.06 bits per heavy atom. The van der Waals surface area contributed by atoms with Crippen LogP contribution in [-0.4, -0.2) is 15.6 Å². The molecule has 1 aromatic carbocycles. The van der Waals surface area contributed by atoms with Crippen LogP contribution in [-0.2, 0) is 4.79 Å². The summed E-state index contributed by atoms with van der Waals surface area (Å²) in [6.07, 6.45) is 0.667. The quantitative estimate of drug-likeness (QED) is 0.609. The second-order valence-corrected chi connectivity index (χ2v) is 3.54.